The van der Waals surface area contributed by atoms with Crippen LogP contribution in [0, 0.1) is 5.92 Å². The maximum atomic E-state index is 13.2. The first kappa shape index (κ1) is 24.0. The molecule has 1 N–H and O–H groups in total. The van der Waals surface area contributed by atoms with Crippen LogP contribution in [0.5, 0.6) is 11.5 Å². The Morgan fingerprint density at radius 3 is 2.74 bits per heavy atom. The normalized spacial score (nSPS) is 30.9. The molecule has 2 bridgehead atoms. The Morgan fingerprint density at radius 1 is 1.18 bits per heavy atom. The molecule has 7 rings (SSSR count). The molecule has 4 atom stereocenters. The molecule has 2 aromatic rings. The molecule has 2 fully saturated rings. The van der Waals surface area contributed by atoms with Gasteiger partial charge in [0.15, 0.2) is 17.6 Å². The van der Waals surface area contributed by atoms with Crippen molar-refractivity contribution in [3.05, 3.63) is 70.5 Å². The van der Waals surface area contributed by atoms with E-state index in [4.69, 9.17) is 18.9 Å². The van der Waals surface area contributed by atoms with Crippen LogP contribution in [0.4, 0.5) is 0 Å². The number of hydrogen-bond donors (Lipinski definition) is 1. The SMILES string of the molecule is CCOC(=O)C1=C(OC)[C@@H]2Oc3c(OCc4ccccc4)ccc4c3[C@@]23CCN(CC2CC2)[C@H](C4)[C@]3(O)C1. The zero-order valence-corrected chi connectivity index (χ0v) is 22.1. The molecule has 2 aliphatic heterocycles. The first-order valence-electron chi connectivity index (χ1n) is 13.9. The van der Waals surface area contributed by atoms with Crippen molar-refractivity contribution < 1.29 is 28.8 Å². The summed E-state index contributed by atoms with van der Waals surface area (Å²) >= 11 is 0. The van der Waals surface area contributed by atoms with Gasteiger partial charge in [-0.2, -0.15) is 0 Å². The molecule has 5 aliphatic rings. The van der Waals surface area contributed by atoms with Gasteiger partial charge in [0.05, 0.1) is 30.3 Å². The molecule has 1 saturated heterocycles. The zero-order chi connectivity index (χ0) is 26.1. The van der Waals surface area contributed by atoms with Gasteiger partial charge in [0, 0.05) is 24.6 Å². The predicted molar refractivity (Wildman–Crippen MR) is 140 cm³/mol. The smallest absolute Gasteiger partial charge is 0.337 e. The van der Waals surface area contributed by atoms with Crippen molar-refractivity contribution in [3.8, 4) is 11.5 Å². The topological polar surface area (TPSA) is 77.5 Å². The molecule has 7 nitrogen and oxygen atoms in total. The van der Waals surface area contributed by atoms with E-state index in [1.54, 1.807) is 14.0 Å². The molecule has 38 heavy (non-hydrogen) atoms. The first-order chi connectivity index (χ1) is 18.5. The Kier molecular flexibility index (Phi) is 5.53. The minimum atomic E-state index is -1.19. The van der Waals surface area contributed by atoms with E-state index < -0.39 is 23.1 Å². The number of rotatable bonds is 8. The second-order valence-electron chi connectivity index (χ2n) is 11.4. The Labute approximate surface area is 223 Å². The predicted octanol–water partition coefficient (Wildman–Crippen LogP) is 3.90. The van der Waals surface area contributed by atoms with Crippen LogP contribution in [0.25, 0.3) is 0 Å². The van der Waals surface area contributed by atoms with Crippen molar-refractivity contribution in [2.45, 2.75) is 68.8 Å². The van der Waals surface area contributed by atoms with E-state index in [1.807, 2.05) is 36.4 Å². The molecule has 2 heterocycles. The zero-order valence-electron chi connectivity index (χ0n) is 22.1. The second-order valence-corrected chi connectivity index (χ2v) is 11.4. The van der Waals surface area contributed by atoms with Gasteiger partial charge in [-0.3, -0.25) is 4.90 Å². The largest absolute Gasteiger partial charge is 0.497 e. The lowest BCUT2D eigenvalue weighted by Gasteiger charge is -2.62. The van der Waals surface area contributed by atoms with Crippen molar-refractivity contribution >= 4 is 5.97 Å². The van der Waals surface area contributed by atoms with Gasteiger partial charge < -0.3 is 24.1 Å². The second kappa shape index (κ2) is 8.75. The summed E-state index contributed by atoms with van der Waals surface area (Å²) in [5, 5.41) is 12.9. The number of benzene rings is 2. The minimum absolute atomic E-state index is 0.111. The molecule has 0 radical (unpaired) electrons. The Bertz CT molecular complexity index is 1300. The standard InChI is InChI=1S/C31H35NO6/c1-3-36-29(33)22-16-31(34)24-15-21-11-12-23(37-18-20-7-5-4-6-8-20)27-25(21)30(31,28(38-27)26(22)35-2)13-14-32(24)17-19-9-10-19/h4-8,11-12,19,24,28,34H,3,9-10,13-18H2,1-2H3/t24-,28+,30+,31-/m1/s1. The molecule has 1 saturated carbocycles. The van der Waals surface area contributed by atoms with Gasteiger partial charge in [0.25, 0.3) is 0 Å². The lowest BCUT2D eigenvalue weighted by Crippen LogP contribution is -2.75. The van der Waals surface area contributed by atoms with E-state index in [-0.39, 0.29) is 19.1 Å². The van der Waals surface area contributed by atoms with E-state index in [0.717, 1.165) is 30.6 Å². The average molecular weight is 518 g/mol. The lowest BCUT2D eigenvalue weighted by molar-refractivity contribution is -0.176. The highest BCUT2D eigenvalue weighted by molar-refractivity contribution is 5.90. The molecule has 200 valence electrons. The molecule has 2 aromatic carbocycles. The lowest BCUT2D eigenvalue weighted by atomic mass is 9.49. The summed E-state index contributed by atoms with van der Waals surface area (Å²) in [6, 6.07) is 14.1. The van der Waals surface area contributed by atoms with Crippen LogP contribution in [-0.2, 0) is 32.7 Å². The monoisotopic (exact) mass is 517 g/mol. The van der Waals surface area contributed by atoms with Crippen molar-refractivity contribution in [2.75, 3.05) is 26.8 Å². The molecule has 7 heteroatoms. The fourth-order valence-corrected chi connectivity index (χ4v) is 7.62. The molecule has 0 unspecified atom stereocenters. The minimum Gasteiger partial charge on any atom is -0.497 e. The van der Waals surface area contributed by atoms with Crippen molar-refractivity contribution in [1.82, 2.24) is 4.90 Å². The fraction of sp³-hybridized carbons (Fsp3) is 0.516. The molecular weight excluding hydrogens is 482 g/mol. The summed E-state index contributed by atoms with van der Waals surface area (Å²) in [7, 11) is 1.58. The van der Waals surface area contributed by atoms with Crippen molar-refractivity contribution in [3.63, 3.8) is 0 Å². The van der Waals surface area contributed by atoms with Gasteiger partial charge in [-0.05, 0) is 62.3 Å². The van der Waals surface area contributed by atoms with Gasteiger partial charge in [-0.25, -0.2) is 4.79 Å². The Morgan fingerprint density at radius 2 is 2.00 bits per heavy atom. The van der Waals surface area contributed by atoms with Gasteiger partial charge >= 0.3 is 5.97 Å². The molecular formula is C31H35NO6. The number of esters is 1. The third-order valence-electron chi connectivity index (χ3n) is 9.46. The number of hydrogen-bond acceptors (Lipinski definition) is 7. The van der Waals surface area contributed by atoms with Gasteiger partial charge in [-0.15, -0.1) is 0 Å². The van der Waals surface area contributed by atoms with Crippen LogP contribution in [0.3, 0.4) is 0 Å². The maximum Gasteiger partial charge on any atom is 0.337 e. The van der Waals surface area contributed by atoms with Crippen molar-refractivity contribution in [2.24, 2.45) is 5.92 Å². The number of likely N-dealkylation sites (tertiary alicyclic amines) is 1. The summed E-state index contributed by atoms with van der Waals surface area (Å²) in [5.74, 6) is 2.07. The Hall–Kier alpha value is -3.03. The van der Waals surface area contributed by atoms with E-state index >= 15 is 0 Å². The van der Waals surface area contributed by atoms with Crippen LogP contribution in [0.1, 0.15) is 49.3 Å². The Balaban J connectivity index is 1.37. The summed E-state index contributed by atoms with van der Waals surface area (Å²) < 4.78 is 24.4. The van der Waals surface area contributed by atoms with Crippen LogP contribution in [0.15, 0.2) is 53.8 Å². The van der Waals surface area contributed by atoms with Gasteiger partial charge in [0.2, 0.25) is 0 Å². The molecule has 0 aromatic heterocycles. The van der Waals surface area contributed by atoms with E-state index in [0.29, 0.717) is 41.8 Å². The summed E-state index contributed by atoms with van der Waals surface area (Å²) in [6.07, 6.45) is 3.51. The number of nitrogens with zero attached hydrogens (tertiary/aromatic N) is 1. The number of piperidine rings is 1. The molecule has 1 spiro atoms. The van der Waals surface area contributed by atoms with E-state index in [1.165, 1.54) is 18.4 Å². The van der Waals surface area contributed by atoms with Crippen LogP contribution < -0.4 is 9.47 Å². The average Bonchev–Trinajstić information content (AvgIpc) is 3.67. The van der Waals surface area contributed by atoms with Crippen molar-refractivity contribution in [1.29, 1.82) is 0 Å². The van der Waals surface area contributed by atoms with E-state index in [2.05, 4.69) is 11.0 Å². The van der Waals surface area contributed by atoms with Crippen LogP contribution >= 0.6 is 0 Å². The molecule has 3 aliphatic carbocycles. The fourth-order valence-electron chi connectivity index (χ4n) is 7.62. The van der Waals surface area contributed by atoms with Crippen LogP contribution in [0.2, 0.25) is 0 Å². The highest BCUT2D eigenvalue weighted by Gasteiger charge is 2.73. The number of methoxy groups -OCH3 is 1. The van der Waals surface area contributed by atoms with Crippen LogP contribution in [-0.4, -0.2) is 60.5 Å². The number of aliphatic hydroxyl groups is 1. The maximum absolute atomic E-state index is 13.2. The summed E-state index contributed by atoms with van der Waals surface area (Å²) in [5.41, 5.74) is 1.78. The third kappa shape index (κ3) is 3.31. The number of carbonyl (C=O) groups excluding carboxylic acids is 1. The van der Waals surface area contributed by atoms with Gasteiger partial charge in [0.1, 0.15) is 12.4 Å². The third-order valence-corrected chi connectivity index (χ3v) is 9.46. The van der Waals surface area contributed by atoms with E-state index in [9.17, 15) is 9.90 Å². The quantitative estimate of drug-likeness (QED) is 0.532. The highest BCUT2D eigenvalue weighted by atomic mass is 16.6. The number of carbonyl (C=O) groups is 1. The molecule has 0 amide bonds. The van der Waals surface area contributed by atoms with Gasteiger partial charge in [-0.1, -0.05) is 36.4 Å². The first-order valence-corrected chi connectivity index (χ1v) is 13.9. The summed E-state index contributed by atoms with van der Waals surface area (Å²) in [6.45, 7) is 4.33. The summed E-state index contributed by atoms with van der Waals surface area (Å²) in [4.78, 5) is 15.7. The highest BCUT2D eigenvalue weighted by Crippen LogP contribution is 2.66. The number of ether oxygens (including phenoxy) is 4.